The Bertz CT molecular complexity index is 677. The second-order valence-corrected chi connectivity index (χ2v) is 7.30. The first-order valence-electron chi connectivity index (χ1n) is 10.5. The highest BCUT2D eigenvalue weighted by Gasteiger charge is 2.53. The molecule has 1 fully saturated rings. The minimum atomic E-state index is -0.0426. The lowest BCUT2D eigenvalue weighted by molar-refractivity contribution is -0.133. The topological polar surface area (TPSA) is 74.8 Å². The van der Waals surface area contributed by atoms with Gasteiger partial charge in [0.25, 0.3) is 5.91 Å². The van der Waals surface area contributed by atoms with Crippen molar-refractivity contribution in [2.24, 2.45) is 10.4 Å². The van der Waals surface area contributed by atoms with Crippen LogP contribution in [0.25, 0.3) is 0 Å². The molecule has 164 valence electrons. The van der Waals surface area contributed by atoms with Crippen molar-refractivity contribution in [1.82, 2.24) is 16.0 Å². The SMILES string of the molecule is CCNC(=O)c1cccc(CNC(=NC)NC2CC(OCC)C2(CC)CC)c1.I. The molecule has 0 aliphatic heterocycles. The van der Waals surface area contributed by atoms with E-state index in [0.717, 1.165) is 37.4 Å². The van der Waals surface area contributed by atoms with Crippen LogP contribution in [0.1, 0.15) is 62.9 Å². The van der Waals surface area contributed by atoms with Gasteiger partial charge in [0.2, 0.25) is 0 Å². The lowest BCUT2D eigenvalue weighted by atomic mass is 9.58. The Hall–Kier alpha value is -1.35. The molecule has 2 rings (SSSR count). The number of rotatable bonds is 9. The fraction of sp³-hybridized carbons (Fsp3) is 0.636. The molecule has 29 heavy (non-hydrogen) atoms. The quantitative estimate of drug-likeness (QED) is 0.266. The number of hydrogen-bond acceptors (Lipinski definition) is 3. The molecule has 1 aliphatic carbocycles. The Kier molecular flexibility index (Phi) is 11.0. The molecule has 1 amide bonds. The van der Waals surface area contributed by atoms with Crippen LogP contribution in [0.15, 0.2) is 29.3 Å². The molecule has 0 bridgehead atoms. The van der Waals surface area contributed by atoms with E-state index in [1.54, 1.807) is 7.05 Å². The number of amides is 1. The molecule has 0 radical (unpaired) electrons. The number of carbonyl (C=O) groups excluding carboxylic acids is 1. The summed E-state index contributed by atoms with van der Waals surface area (Å²) in [7, 11) is 1.79. The number of nitrogens with zero attached hydrogens (tertiary/aromatic N) is 1. The third kappa shape index (κ3) is 6.07. The minimum Gasteiger partial charge on any atom is -0.378 e. The maximum Gasteiger partial charge on any atom is 0.251 e. The van der Waals surface area contributed by atoms with Gasteiger partial charge in [0.05, 0.1) is 6.10 Å². The number of carbonyl (C=O) groups is 1. The number of ether oxygens (including phenoxy) is 1. The van der Waals surface area contributed by atoms with Crippen LogP contribution in [0.4, 0.5) is 0 Å². The molecular weight excluding hydrogens is 479 g/mol. The molecule has 7 heteroatoms. The molecule has 0 spiro atoms. The standard InChI is InChI=1S/C22H36N4O2.HI/c1-6-22(7-2)18(14-19(22)28-9-4)26-21(23-5)25-15-16-11-10-12-17(13-16)20(27)24-8-3;/h10-13,18-19H,6-9,14-15H2,1-5H3,(H,24,27)(H2,23,25,26);1H. The van der Waals surface area contributed by atoms with Crippen molar-refractivity contribution in [3.63, 3.8) is 0 Å². The van der Waals surface area contributed by atoms with Crippen molar-refractivity contribution in [2.75, 3.05) is 20.2 Å². The van der Waals surface area contributed by atoms with E-state index in [0.29, 0.717) is 30.8 Å². The number of halogens is 1. The van der Waals surface area contributed by atoms with Gasteiger partial charge in [-0.1, -0.05) is 26.0 Å². The van der Waals surface area contributed by atoms with E-state index in [4.69, 9.17) is 4.74 Å². The van der Waals surface area contributed by atoms with Crippen LogP contribution in [-0.2, 0) is 11.3 Å². The summed E-state index contributed by atoms with van der Waals surface area (Å²) < 4.78 is 5.97. The zero-order valence-electron chi connectivity index (χ0n) is 18.4. The van der Waals surface area contributed by atoms with E-state index in [9.17, 15) is 4.79 Å². The molecule has 1 saturated carbocycles. The smallest absolute Gasteiger partial charge is 0.251 e. The summed E-state index contributed by atoms with van der Waals surface area (Å²) >= 11 is 0. The van der Waals surface area contributed by atoms with E-state index in [-0.39, 0.29) is 35.3 Å². The number of guanidine groups is 1. The molecule has 1 aromatic rings. The summed E-state index contributed by atoms with van der Waals surface area (Å²) in [5.41, 5.74) is 1.88. The van der Waals surface area contributed by atoms with Gasteiger partial charge >= 0.3 is 0 Å². The van der Waals surface area contributed by atoms with Crippen LogP contribution in [0.5, 0.6) is 0 Å². The maximum atomic E-state index is 12.0. The Morgan fingerprint density at radius 2 is 1.93 bits per heavy atom. The number of benzene rings is 1. The van der Waals surface area contributed by atoms with Gasteiger partial charge in [0.15, 0.2) is 5.96 Å². The Morgan fingerprint density at radius 1 is 1.21 bits per heavy atom. The van der Waals surface area contributed by atoms with Crippen molar-refractivity contribution in [3.05, 3.63) is 35.4 Å². The van der Waals surface area contributed by atoms with Gasteiger partial charge in [-0.15, -0.1) is 24.0 Å². The van der Waals surface area contributed by atoms with Gasteiger partial charge in [-0.3, -0.25) is 9.79 Å². The van der Waals surface area contributed by atoms with Crippen molar-refractivity contribution < 1.29 is 9.53 Å². The van der Waals surface area contributed by atoms with Gasteiger partial charge in [-0.2, -0.15) is 0 Å². The Morgan fingerprint density at radius 3 is 2.52 bits per heavy atom. The number of nitrogens with one attached hydrogen (secondary N) is 3. The Balaban J connectivity index is 0.00000420. The molecule has 0 saturated heterocycles. The van der Waals surface area contributed by atoms with Gasteiger partial charge in [-0.05, 0) is 50.8 Å². The van der Waals surface area contributed by atoms with Crippen LogP contribution in [0, 0.1) is 5.41 Å². The zero-order chi connectivity index (χ0) is 20.6. The van der Waals surface area contributed by atoms with Gasteiger partial charge in [0, 0.05) is 43.8 Å². The fourth-order valence-corrected chi connectivity index (χ4v) is 4.21. The number of hydrogen-bond donors (Lipinski definition) is 3. The van der Waals surface area contributed by atoms with Gasteiger partial charge in [-0.25, -0.2) is 0 Å². The largest absolute Gasteiger partial charge is 0.378 e. The summed E-state index contributed by atoms with van der Waals surface area (Å²) in [5, 5.41) is 9.81. The average Bonchev–Trinajstić information content (AvgIpc) is 2.71. The summed E-state index contributed by atoms with van der Waals surface area (Å²) in [4.78, 5) is 16.4. The first-order chi connectivity index (χ1) is 13.5. The van der Waals surface area contributed by atoms with Crippen LogP contribution in [0.3, 0.4) is 0 Å². The van der Waals surface area contributed by atoms with Crippen LogP contribution in [-0.4, -0.2) is 44.2 Å². The predicted molar refractivity (Wildman–Crippen MR) is 130 cm³/mol. The average molecular weight is 516 g/mol. The normalized spacial score (nSPS) is 20.2. The lowest BCUT2D eigenvalue weighted by Gasteiger charge is -2.55. The Labute approximate surface area is 192 Å². The molecule has 3 N–H and O–H groups in total. The highest BCUT2D eigenvalue weighted by atomic mass is 127. The molecule has 2 unspecified atom stereocenters. The van der Waals surface area contributed by atoms with E-state index in [1.165, 1.54) is 0 Å². The molecule has 1 aliphatic rings. The second kappa shape index (κ2) is 12.4. The molecule has 2 atom stereocenters. The van der Waals surface area contributed by atoms with E-state index < -0.39 is 0 Å². The summed E-state index contributed by atoms with van der Waals surface area (Å²) in [6.45, 7) is 10.5. The van der Waals surface area contributed by atoms with Crippen molar-refractivity contribution in [2.45, 2.75) is 65.6 Å². The fourth-order valence-electron chi connectivity index (χ4n) is 4.21. The third-order valence-electron chi connectivity index (χ3n) is 5.99. The first kappa shape index (κ1) is 25.7. The van der Waals surface area contributed by atoms with Crippen molar-refractivity contribution in [3.8, 4) is 0 Å². The third-order valence-corrected chi connectivity index (χ3v) is 5.99. The van der Waals surface area contributed by atoms with Crippen LogP contribution in [0.2, 0.25) is 0 Å². The van der Waals surface area contributed by atoms with Gasteiger partial charge in [0.1, 0.15) is 0 Å². The molecular formula is C22H37IN4O2. The highest BCUT2D eigenvalue weighted by Crippen LogP contribution is 2.48. The van der Waals surface area contributed by atoms with Crippen molar-refractivity contribution in [1.29, 1.82) is 0 Å². The van der Waals surface area contributed by atoms with E-state index in [2.05, 4.69) is 41.7 Å². The molecule has 0 heterocycles. The lowest BCUT2D eigenvalue weighted by Crippen LogP contribution is -2.65. The van der Waals surface area contributed by atoms with E-state index in [1.807, 2.05) is 31.2 Å². The summed E-state index contributed by atoms with van der Waals surface area (Å²) in [6, 6.07) is 8.03. The van der Waals surface area contributed by atoms with Gasteiger partial charge < -0.3 is 20.7 Å². The summed E-state index contributed by atoms with van der Waals surface area (Å²) in [5.74, 6) is 0.744. The monoisotopic (exact) mass is 516 g/mol. The molecule has 6 nitrogen and oxygen atoms in total. The predicted octanol–water partition coefficient (Wildman–Crippen LogP) is 3.70. The first-order valence-corrected chi connectivity index (χ1v) is 10.5. The van der Waals surface area contributed by atoms with E-state index >= 15 is 0 Å². The second-order valence-electron chi connectivity index (χ2n) is 7.30. The maximum absolute atomic E-state index is 12.0. The highest BCUT2D eigenvalue weighted by molar-refractivity contribution is 14.0. The molecule has 1 aromatic carbocycles. The van der Waals surface area contributed by atoms with Crippen LogP contribution < -0.4 is 16.0 Å². The molecule has 0 aromatic heterocycles. The minimum absolute atomic E-state index is 0. The number of aliphatic imine (C=N–C) groups is 1. The van der Waals surface area contributed by atoms with Crippen molar-refractivity contribution >= 4 is 35.8 Å². The van der Waals surface area contributed by atoms with Crippen LogP contribution >= 0.6 is 24.0 Å². The zero-order valence-corrected chi connectivity index (χ0v) is 20.7. The summed E-state index contributed by atoms with van der Waals surface area (Å²) in [6.07, 6.45) is 3.48.